The maximum Gasteiger partial charge on any atom is 0.235 e. The number of hydrogen-bond donors (Lipinski definition) is 1. The Morgan fingerprint density at radius 1 is 1.44 bits per heavy atom. The standard InChI is InChI=1S/C11H14N4O/c1-2-7-16-11-9-13-8-10(14-11)15-5-3-12-4-6-15/h1,8-9,12H,3-7H2. The second-order valence-corrected chi connectivity index (χ2v) is 3.45. The fourth-order valence-corrected chi connectivity index (χ4v) is 1.57. The summed E-state index contributed by atoms with van der Waals surface area (Å²) in [5, 5.41) is 3.29. The summed E-state index contributed by atoms with van der Waals surface area (Å²) in [5.41, 5.74) is 0. The molecule has 0 unspecified atom stereocenters. The Bertz CT molecular complexity index is 382. The topological polar surface area (TPSA) is 50.3 Å². The minimum absolute atomic E-state index is 0.222. The molecule has 1 aromatic rings. The molecule has 0 atom stereocenters. The lowest BCUT2D eigenvalue weighted by molar-refractivity contribution is 0.353. The summed E-state index contributed by atoms with van der Waals surface area (Å²) in [4.78, 5) is 10.6. The van der Waals surface area contributed by atoms with Gasteiger partial charge in [0.25, 0.3) is 0 Å². The van der Waals surface area contributed by atoms with Gasteiger partial charge in [0.2, 0.25) is 5.88 Å². The van der Waals surface area contributed by atoms with E-state index in [0.29, 0.717) is 5.88 Å². The summed E-state index contributed by atoms with van der Waals surface area (Å²) in [6.07, 6.45) is 8.43. The lowest BCUT2D eigenvalue weighted by atomic mass is 10.3. The average Bonchev–Trinajstić information content (AvgIpc) is 2.38. The molecular formula is C11H14N4O. The van der Waals surface area contributed by atoms with Crippen molar-refractivity contribution in [2.75, 3.05) is 37.7 Å². The van der Waals surface area contributed by atoms with Crippen LogP contribution in [-0.4, -0.2) is 42.8 Å². The number of aromatic nitrogens is 2. The quantitative estimate of drug-likeness (QED) is 0.718. The van der Waals surface area contributed by atoms with Crippen molar-refractivity contribution in [1.82, 2.24) is 15.3 Å². The maximum atomic E-state index is 5.23. The van der Waals surface area contributed by atoms with Crippen molar-refractivity contribution in [2.24, 2.45) is 0 Å². The van der Waals surface area contributed by atoms with E-state index >= 15 is 0 Å². The molecule has 1 saturated heterocycles. The highest BCUT2D eigenvalue weighted by Crippen LogP contribution is 2.14. The zero-order valence-electron chi connectivity index (χ0n) is 9.02. The van der Waals surface area contributed by atoms with E-state index in [1.165, 1.54) is 0 Å². The van der Waals surface area contributed by atoms with Crippen molar-refractivity contribution in [2.45, 2.75) is 0 Å². The van der Waals surface area contributed by atoms with Crippen LogP contribution in [0.2, 0.25) is 0 Å². The molecule has 0 radical (unpaired) electrons. The molecule has 5 nitrogen and oxygen atoms in total. The Labute approximate surface area is 94.8 Å². The van der Waals surface area contributed by atoms with Crippen molar-refractivity contribution in [3.05, 3.63) is 12.4 Å². The zero-order chi connectivity index (χ0) is 11.2. The number of rotatable bonds is 3. The highest BCUT2D eigenvalue weighted by molar-refractivity contribution is 5.38. The van der Waals surface area contributed by atoms with Crippen LogP contribution >= 0.6 is 0 Å². The van der Waals surface area contributed by atoms with E-state index in [0.717, 1.165) is 32.0 Å². The van der Waals surface area contributed by atoms with Gasteiger partial charge in [0.15, 0.2) is 12.4 Å². The Morgan fingerprint density at radius 2 is 2.25 bits per heavy atom. The van der Waals surface area contributed by atoms with Gasteiger partial charge in [0.05, 0.1) is 12.4 Å². The molecule has 1 N–H and O–H groups in total. The minimum atomic E-state index is 0.222. The van der Waals surface area contributed by atoms with Crippen molar-refractivity contribution >= 4 is 5.82 Å². The molecule has 5 heteroatoms. The molecule has 0 aliphatic carbocycles. The first-order valence-corrected chi connectivity index (χ1v) is 5.24. The monoisotopic (exact) mass is 218 g/mol. The van der Waals surface area contributed by atoms with Gasteiger partial charge < -0.3 is 15.0 Å². The van der Waals surface area contributed by atoms with Crippen molar-refractivity contribution in [3.8, 4) is 18.2 Å². The molecule has 0 amide bonds. The molecule has 0 bridgehead atoms. The van der Waals surface area contributed by atoms with Crippen LogP contribution in [0.4, 0.5) is 5.82 Å². The Balaban J connectivity index is 2.06. The number of terminal acetylenes is 1. The molecule has 1 fully saturated rings. The number of hydrogen-bond acceptors (Lipinski definition) is 5. The van der Waals surface area contributed by atoms with Crippen LogP contribution in [0.3, 0.4) is 0 Å². The lowest BCUT2D eigenvalue weighted by Crippen LogP contribution is -2.43. The summed E-state index contributed by atoms with van der Waals surface area (Å²) in [5.74, 6) is 3.73. The van der Waals surface area contributed by atoms with Crippen LogP contribution in [0.15, 0.2) is 12.4 Å². The molecule has 1 aliphatic rings. The maximum absolute atomic E-state index is 5.23. The molecule has 0 saturated carbocycles. The fourth-order valence-electron chi connectivity index (χ4n) is 1.57. The van der Waals surface area contributed by atoms with Gasteiger partial charge in [-0.1, -0.05) is 5.92 Å². The van der Waals surface area contributed by atoms with E-state index in [4.69, 9.17) is 11.2 Å². The predicted molar refractivity (Wildman–Crippen MR) is 61.4 cm³/mol. The highest BCUT2D eigenvalue weighted by atomic mass is 16.5. The van der Waals surface area contributed by atoms with E-state index in [-0.39, 0.29) is 6.61 Å². The van der Waals surface area contributed by atoms with Crippen molar-refractivity contribution in [3.63, 3.8) is 0 Å². The van der Waals surface area contributed by atoms with Crippen molar-refractivity contribution in [1.29, 1.82) is 0 Å². The van der Waals surface area contributed by atoms with E-state index in [1.807, 2.05) is 0 Å². The van der Waals surface area contributed by atoms with Crippen LogP contribution in [0.5, 0.6) is 5.88 Å². The smallest absolute Gasteiger partial charge is 0.235 e. The Hall–Kier alpha value is -1.80. The van der Waals surface area contributed by atoms with E-state index in [9.17, 15) is 0 Å². The molecule has 0 spiro atoms. The summed E-state index contributed by atoms with van der Waals surface area (Å²) >= 11 is 0. The van der Waals surface area contributed by atoms with Gasteiger partial charge in [0.1, 0.15) is 0 Å². The van der Waals surface area contributed by atoms with Crippen LogP contribution in [0.25, 0.3) is 0 Å². The van der Waals surface area contributed by atoms with Gasteiger partial charge in [-0.2, -0.15) is 4.98 Å². The molecular weight excluding hydrogens is 204 g/mol. The van der Waals surface area contributed by atoms with Crippen molar-refractivity contribution < 1.29 is 4.74 Å². The normalized spacial score (nSPS) is 15.6. The molecule has 84 valence electrons. The summed E-state index contributed by atoms with van der Waals surface area (Å²) in [6.45, 7) is 4.04. The van der Waals surface area contributed by atoms with E-state index in [2.05, 4.69) is 26.1 Å². The average molecular weight is 218 g/mol. The van der Waals surface area contributed by atoms with Gasteiger partial charge in [-0.05, 0) is 0 Å². The largest absolute Gasteiger partial charge is 0.463 e. The highest BCUT2D eigenvalue weighted by Gasteiger charge is 2.12. The summed E-state index contributed by atoms with van der Waals surface area (Å²) < 4.78 is 5.23. The Kier molecular flexibility index (Phi) is 3.57. The lowest BCUT2D eigenvalue weighted by Gasteiger charge is -2.28. The number of nitrogens with one attached hydrogen (secondary N) is 1. The van der Waals surface area contributed by atoms with Gasteiger partial charge in [-0.3, -0.25) is 4.98 Å². The van der Waals surface area contributed by atoms with Crippen LogP contribution in [0.1, 0.15) is 0 Å². The Morgan fingerprint density at radius 3 is 3.00 bits per heavy atom. The minimum Gasteiger partial charge on any atom is -0.463 e. The molecule has 1 aliphatic heterocycles. The number of anilines is 1. The second kappa shape index (κ2) is 5.33. The fraction of sp³-hybridized carbons (Fsp3) is 0.455. The third kappa shape index (κ3) is 2.61. The summed E-state index contributed by atoms with van der Waals surface area (Å²) in [7, 11) is 0. The number of nitrogens with zero attached hydrogens (tertiary/aromatic N) is 3. The molecule has 16 heavy (non-hydrogen) atoms. The molecule has 1 aromatic heterocycles. The third-order valence-corrected chi connectivity index (χ3v) is 2.34. The first-order chi connectivity index (χ1) is 7.90. The number of ether oxygens (including phenoxy) is 1. The third-order valence-electron chi connectivity index (χ3n) is 2.34. The second-order valence-electron chi connectivity index (χ2n) is 3.45. The molecule has 2 rings (SSSR count). The summed E-state index contributed by atoms with van der Waals surface area (Å²) in [6, 6.07) is 0. The van der Waals surface area contributed by atoms with Gasteiger partial charge in [-0.15, -0.1) is 6.42 Å². The zero-order valence-corrected chi connectivity index (χ0v) is 9.02. The van der Waals surface area contributed by atoms with Gasteiger partial charge >= 0.3 is 0 Å². The van der Waals surface area contributed by atoms with Crippen LogP contribution in [0, 0.1) is 12.3 Å². The first kappa shape index (κ1) is 10.7. The number of piperazine rings is 1. The molecule has 0 aromatic carbocycles. The van der Waals surface area contributed by atoms with Crippen LogP contribution in [-0.2, 0) is 0 Å². The first-order valence-electron chi connectivity index (χ1n) is 5.24. The molecule has 2 heterocycles. The van der Waals surface area contributed by atoms with E-state index in [1.54, 1.807) is 12.4 Å². The van der Waals surface area contributed by atoms with Gasteiger partial charge in [0, 0.05) is 26.2 Å². The SMILES string of the molecule is C#CCOc1cncc(N2CCNCC2)n1. The predicted octanol–water partition coefficient (Wildman–Crippen LogP) is -0.102. The van der Waals surface area contributed by atoms with Crippen LogP contribution < -0.4 is 15.0 Å². The van der Waals surface area contributed by atoms with E-state index < -0.39 is 0 Å². The van der Waals surface area contributed by atoms with Gasteiger partial charge in [-0.25, -0.2) is 0 Å².